The van der Waals surface area contributed by atoms with Crippen LogP contribution < -0.4 is 15.5 Å². The standard InChI is InChI=1S/C15H22FN3O2/c1-17-10-15(21)18-9-11-2-3-14(13(16)8-11)19-6-4-12(20)5-7-19/h2-3,8,12,17,20H,4-7,9-10H2,1H3,(H,18,21). The molecule has 0 bridgehead atoms. The van der Waals surface area contributed by atoms with Gasteiger partial charge in [-0.3, -0.25) is 4.79 Å². The van der Waals surface area contributed by atoms with Gasteiger partial charge in [0.2, 0.25) is 5.91 Å². The summed E-state index contributed by atoms with van der Waals surface area (Å²) >= 11 is 0. The Labute approximate surface area is 124 Å². The highest BCUT2D eigenvalue weighted by Gasteiger charge is 2.19. The minimum Gasteiger partial charge on any atom is -0.393 e. The molecule has 5 nitrogen and oxygen atoms in total. The van der Waals surface area contributed by atoms with Crippen LogP contribution >= 0.6 is 0 Å². The van der Waals surface area contributed by atoms with Gasteiger partial charge in [-0.2, -0.15) is 0 Å². The molecule has 1 aromatic carbocycles. The van der Waals surface area contributed by atoms with Crippen LogP contribution in [0, 0.1) is 5.82 Å². The predicted molar refractivity (Wildman–Crippen MR) is 79.6 cm³/mol. The second kappa shape index (κ2) is 7.38. The molecular formula is C15H22FN3O2. The molecule has 1 heterocycles. The number of halogens is 1. The normalized spacial score (nSPS) is 16.0. The van der Waals surface area contributed by atoms with E-state index >= 15 is 0 Å². The van der Waals surface area contributed by atoms with Crippen LogP contribution in [0.1, 0.15) is 18.4 Å². The third kappa shape index (κ3) is 4.41. The first-order chi connectivity index (χ1) is 10.1. The second-order valence-corrected chi connectivity index (χ2v) is 5.31. The van der Waals surface area contributed by atoms with Crippen LogP contribution in [0.25, 0.3) is 0 Å². The lowest BCUT2D eigenvalue weighted by molar-refractivity contribution is -0.120. The average molecular weight is 295 g/mol. The smallest absolute Gasteiger partial charge is 0.234 e. The lowest BCUT2D eigenvalue weighted by Crippen LogP contribution is -2.36. The van der Waals surface area contributed by atoms with Gasteiger partial charge in [-0.1, -0.05) is 6.07 Å². The zero-order valence-corrected chi connectivity index (χ0v) is 12.2. The predicted octanol–water partition coefficient (Wildman–Crippen LogP) is 0.622. The monoisotopic (exact) mass is 295 g/mol. The maximum absolute atomic E-state index is 14.2. The summed E-state index contributed by atoms with van der Waals surface area (Å²) in [5.41, 5.74) is 1.30. The van der Waals surface area contributed by atoms with Crippen molar-refractivity contribution in [1.82, 2.24) is 10.6 Å². The molecule has 0 saturated carbocycles. The average Bonchev–Trinajstić information content (AvgIpc) is 2.47. The number of nitrogens with one attached hydrogen (secondary N) is 2. The van der Waals surface area contributed by atoms with Gasteiger partial charge in [-0.25, -0.2) is 4.39 Å². The fourth-order valence-electron chi connectivity index (χ4n) is 2.45. The molecule has 0 spiro atoms. The topological polar surface area (TPSA) is 64.6 Å². The van der Waals surface area contributed by atoms with Crippen molar-refractivity contribution in [2.24, 2.45) is 0 Å². The molecule has 1 aromatic rings. The van der Waals surface area contributed by atoms with Crippen molar-refractivity contribution in [2.75, 3.05) is 31.6 Å². The molecular weight excluding hydrogens is 273 g/mol. The second-order valence-electron chi connectivity index (χ2n) is 5.31. The minimum absolute atomic E-state index is 0.119. The van der Waals surface area contributed by atoms with E-state index in [-0.39, 0.29) is 24.4 Å². The van der Waals surface area contributed by atoms with Gasteiger partial charge in [0.05, 0.1) is 18.3 Å². The van der Waals surface area contributed by atoms with E-state index in [1.54, 1.807) is 13.1 Å². The molecule has 1 saturated heterocycles. The summed E-state index contributed by atoms with van der Waals surface area (Å²) in [4.78, 5) is 13.3. The Balaban J connectivity index is 1.95. The Bertz CT molecular complexity index is 488. The van der Waals surface area contributed by atoms with Gasteiger partial charge in [0.1, 0.15) is 5.82 Å². The number of rotatable bonds is 5. The van der Waals surface area contributed by atoms with Crippen LogP contribution in [0.3, 0.4) is 0 Å². The van der Waals surface area contributed by atoms with Crippen molar-refractivity contribution >= 4 is 11.6 Å². The molecule has 3 N–H and O–H groups in total. The largest absolute Gasteiger partial charge is 0.393 e. The molecule has 0 aromatic heterocycles. The third-order valence-corrected chi connectivity index (χ3v) is 3.64. The fourth-order valence-corrected chi connectivity index (χ4v) is 2.45. The van der Waals surface area contributed by atoms with Crippen LogP contribution in [0.5, 0.6) is 0 Å². The molecule has 1 amide bonds. The van der Waals surface area contributed by atoms with Crippen molar-refractivity contribution < 1.29 is 14.3 Å². The van der Waals surface area contributed by atoms with Gasteiger partial charge in [-0.15, -0.1) is 0 Å². The third-order valence-electron chi connectivity index (χ3n) is 3.64. The Morgan fingerprint density at radius 2 is 2.14 bits per heavy atom. The van der Waals surface area contributed by atoms with E-state index in [1.807, 2.05) is 11.0 Å². The summed E-state index contributed by atoms with van der Waals surface area (Å²) in [6, 6.07) is 5.02. The van der Waals surface area contributed by atoms with Gasteiger partial charge in [0.25, 0.3) is 0 Å². The SMILES string of the molecule is CNCC(=O)NCc1ccc(N2CCC(O)CC2)c(F)c1. The fraction of sp³-hybridized carbons (Fsp3) is 0.533. The van der Waals surface area contributed by atoms with Crippen LogP contribution in [-0.4, -0.2) is 43.8 Å². The molecule has 1 aliphatic rings. The molecule has 2 rings (SSSR count). The van der Waals surface area contributed by atoms with Gasteiger partial charge >= 0.3 is 0 Å². The molecule has 0 unspecified atom stereocenters. The molecule has 1 aliphatic heterocycles. The van der Waals surface area contributed by atoms with Gasteiger partial charge < -0.3 is 20.6 Å². The quantitative estimate of drug-likeness (QED) is 0.745. The first-order valence-corrected chi connectivity index (χ1v) is 7.23. The Kier molecular flexibility index (Phi) is 5.52. The van der Waals surface area contributed by atoms with E-state index in [1.165, 1.54) is 6.07 Å². The van der Waals surface area contributed by atoms with E-state index in [0.717, 1.165) is 5.56 Å². The van der Waals surface area contributed by atoms with E-state index in [0.29, 0.717) is 38.2 Å². The number of nitrogens with zero attached hydrogens (tertiary/aromatic N) is 1. The van der Waals surface area contributed by atoms with Crippen LogP contribution in [0.4, 0.5) is 10.1 Å². The lowest BCUT2D eigenvalue weighted by Gasteiger charge is -2.31. The van der Waals surface area contributed by atoms with Crippen molar-refractivity contribution in [3.05, 3.63) is 29.6 Å². The number of carbonyl (C=O) groups excluding carboxylic acids is 1. The molecule has 116 valence electrons. The maximum Gasteiger partial charge on any atom is 0.234 e. The zero-order valence-electron chi connectivity index (χ0n) is 12.2. The molecule has 0 atom stereocenters. The minimum atomic E-state index is -0.285. The van der Waals surface area contributed by atoms with Crippen LogP contribution in [-0.2, 0) is 11.3 Å². The van der Waals surface area contributed by atoms with Crippen LogP contribution in [0.2, 0.25) is 0 Å². The number of hydrogen-bond acceptors (Lipinski definition) is 4. The first kappa shape index (κ1) is 15.7. The number of benzene rings is 1. The first-order valence-electron chi connectivity index (χ1n) is 7.23. The Hall–Kier alpha value is -1.66. The number of piperidine rings is 1. The molecule has 0 aliphatic carbocycles. The van der Waals surface area contributed by atoms with E-state index < -0.39 is 0 Å². The highest BCUT2D eigenvalue weighted by atomic mass is 19.1. The number of amides is 1. The molecule has 21 heavy (non-hydrogen) atoms. The Morgan fingerprint density at radius 3 is 2.76 bits per heavy atom. The van der Waals surface area contributed by atoms with Gasteiger partial charge in [0.15, 0.2) is 0 Å². The summed E-state index contributed by atoms with van der Waals surface area (Å²) in [5.74, 6) is -0.404. The van der Waals surface area contributed by atoms with Crippen molar-refractivity contribution in [2.45, 2.75) is 25.5 Å². The number of hydrogen-bond donors (Lipinski definition) is 3. The maximum atomic E-state index is 14.2. The van der Waals surface area contributed by atoms with Crippen molar-refractivity contribution in [1.29, 1.82) is 0 Å². The summed E-state index contributed by atoms with van der Waals surface area (Å²) in [7, 11) is 1.70. The number of aliphatic hydroxyl groups is 1. The highest BCUT2D eigenvalue weighted by Crippen LogP contribution is 2.24. The van der Waals surface area contributed by atoms with Gasteiger partial charge in [0, 0.05) is 19.6 Å². The van der Waals surface area contributed by atoms with E-state index in [4.69, 9.17) is 0 Å². The van der Waals surface area contributed by atoms with Gasteiger partial charge in [-0.05, 0) is 37.6 Å². The van der Waals surface area contributed by atoms with Crippen LogP contribution in [0.15, 0.2) is 18.2 Å². The summed E-state index contributed by atoms with van der Waals surface area (Å²) in [6.07, 6.45) is 1.06. The van der Waals surface area contributed by atoms with Crippen molar-refractivity contribution in [3.63, 3.8) is 0 Å². The summed E-state index contributed by atoms with van der Waals surface area (Å²) in [5, 5.41) is 15.0. The summed E-state index contributed by atoms with van der Waals surface area (Å²) < 4.78 is 14.2. The summed E-state index contributed by atoms with van der Waals surface area (Å²) in [6.45, 7) is 1.89. The molecule has 1 fully saturated rings. The van der Waals surface area contributed by atoms with E-state index in [2.05, 4.69) is 10.6 Å². The Morgan fingerprint density at radius 1 is 1.43 bits per heavy atom. The number of aliphatic hydroxyl groups excluding tert-OH is 1. The van der Waals surface area contributed by atoms with E-state index in [9.17, 15) is 14.3 Å². The number of likely N-dealkylation sites (N-methyl/N-ethyl adjacent to an activating group) is 1. The highest BCUT2D eigenvalue weighted by molar-refractivity contribution is 5.77. The molecule has 6 heteroatoms. The zero-order chi connectivity index (χ0) is 15.2. The number of anilines is 1. The molecule has 0 radical (unpaired) electrons. The van der Waals surface area contributed by atoms with Crippen molar-refractivity contribution in [3.8, 4) is 0 Å². The lowest BCUT2D eigenvalue weighted by atomic mass is 10.1. The number of carbonyl (C=O) groups is 1.